The van der Waals surface area contributed by atoms with Crippen LogP contribution in [0, 0.1) is 5.41 Å². The van der Waals surface area contributed by atoms with E-state index < -0.39 is 0 Å². The zero-order valence-corrected chi connectivity index (χ0v) is 10.4. The molecule has 94 valence electrons. The molecule has 0 radical (unpaired) electrons. The van der Waals surface area contributed by atoms with Crippen molar-refractivity contribution in [3.63, 3.8) is 0 Å². The van der Waals surface area contributed by atoms with E-state index in [0.29, 0.717) is 17.9 Å². The molecule has 17 heavy (non-hydrogen) atoms. The van der Waals surface area contributed by atoms with Gasteiger partial charge in [-0.1, -0.05) is 6.07 Å². The fourth-order valence-corrected chi connectivity index (χ4v) is 2.02. The lowest BCUT2D eigenvalue weighted by Crippen LogP contribution is -2.19. The van der Waals surface area contributed by atoms with E-state index in [0.717, 1.165) is 25.3 Å². The lowest BCUT2D eigenvalue weighted by molar-refractivity contribution is 0.327. The number of anilines is 1. The Morgan fingerprint density at radius 1 is 1.47 bits per heavy atom. The number of nitrogens with two attached hydrogens (primary N) is 1. The van der Waals surface area contributed by atoms with Crippen LogP contribution in [0.5, 0.6) is 5.88 Å². The first-order valence-electron chi connectivity index (χ1n) is 6.32. The van der Waals surface area contributed by atoms with Crippen molar-refractivity contribution >= 4 is 5.82 Å². The summed E-state index contributed by atoms with van der Waals surface area (Å²) in [5, 5.41) is 3.38. The highest BCUT2D eigenvalue weighted by Crippen LogP contribution is 2.48. The maximum absolute atomic E-state index is 5.62. The molecule has 0 unspecified atom stereocenters. The van der Waals surface area contributed by atoms with Crippen LogP contribution in [0.3, 0.4) is 0 Å². The van der Waals surface area contributed by atoms with Crippen LogP contribution in [0.1, 0.15) is 26.2 Å². The van der Waals surface area contributed by atoms with Crippen molar-refractivity contribution in [2.45, 2.75) is 26.2 Å². The van der Waals surface area contributed by atoms with Gasteiger partial charge in [0.15, 0.2) is 0 Å². The van der Waals surface area contributed by atoms with Gasteiger partial charge in [-0.05, 0) is 44.2 Å². The molecule has 0 saturated heterocycles. The van der Waals surface area contributed by atoms with Crippen LogP contribution in [0.25, 0.3) is 0 Å². The fourth-order valence-electron chi connectivity index (χ4n) is 2.02. The minimum absolute atomic E-state index is 0.429. The molecule has 0 amide bonds. The maximum Gasteiger partial charge on any atom is 0.215 e. The molecule has 1 saturated carbocycles. The van der Waals surface area contributed by atoms with Crippen molar-refractivity contribution in [2.24, 2.45) is 11.1 Å². The zero-order valence-electron chi connectivity index (χ0n) is 10.4. The molecular formula is C13H21N3O. The lowest BCUT2D eigenvalue weighted by Gasteiger charge is -2.15. The highest BCUT2D eigenvalue weighted by Gasteiger charge is 2.41. The van der Waals surface area contributed by atoms with Gasteiger partial charge >= 0.3 is 0 Å². The summed E-state index contributed by atoms with van der Waals surface area (Å²) >= 11 is 0. The molecule has 1 aliphatic carbocycles. The molecule has 1 aromatic rings. The van der Waals surface area contributed by atoms with Gasteiger partial charge in [-0.25, -0.2) is 0 Å². The molecule has 3 N–H and O–H groups in total. The lowest BCUT2D eigenvalue weighted by atomic mass is 10.0. The first kappa shape index (κ1) is 12.2. The van der Waals surface area contributed by atoms with Crippen LogP contribution in [0.15, 0.2) is 18.2 Å². The van der Waals surface area contributed by atoms with E-state index >= 15 is 0 Å². The summed E-state index contributed by atoms with van der Waals surface area (Å²) in [6, 6.07) is 5.81. The molecule has 1 aliphatic rings. The molecule has 1 aromatic heterocycles. The average Bonchev–Trinajstić information content (AvgIpc) is 3.09. The molecule has 0 atom stereocenters. The van der Waals surface area contributed by atoms with Crippen molar-refractivity contribution in [1.29, 1.82) is 0 Å². The minimum atomic E-state index is 0.429. The van der Waals surface area contributed by atoms with Crippen LogP contribution in [-0.4, -0.2) is 24.7 Å². The number of nitrogens with zero attached hydrogens (tertiary/aromatic N) is 1. The Morgan fingerprint density at radius 3 is 2.94 bits per heavy atom. The Bertz CT molecular complexity index is 363. The topological polar surface area (TPSA) is 60.2 Å². The third-order valence-corrected chi connectivity index (χ3v) is 3.29. The van der Waals surface area contributed by atoms with Gasteiger partial charge in [0.25, 0.3) is 0 Å². The van der Waals surface area contributed by atoms with Crippen LogP contribution in [0.4, 0.5) is 5.82 Å². The summed E-state index contributed by atoms with van der Waals surface area (Å²) in [6.45, 7) is 4.34. The third-order valence-electron chi connectivity index (χ3n) is 3.29. The van der Waals surface area contributed by atoms with Gasteiger partial charge in [0, 0.05) is 12.6 Å². The van der Waals surface area contributed by atoms with Gasteiger partial charge < -0.3 is 15.8 Å². The van der Waals surface area contributed by atoms with E-state index in [4.69, 9.17) is 10.5 Å². The monoisotopic (exact) mass is 235 g/mol. The second-order valence-electron chi connectivity index (χ2n) is 4.69. The Kier molecular flexibility index (Phi) is 3.84. The predicted molar refractivity (Wildman–Crippen MR) is 69.2 cm³/mol. The third kappa shape index (κ3) is 3.33. The van der Waals surface area contributed by atoms with E-state index in [-0.39, 0.29) is 0 Å². The minimum Gasteiger partial charge on any atom is -0.478 e. The van der Waals surface area contributed by atoms with Gasteiger partial charge in [0.1, 0.15) is 5.82 Å². The molecule has 0 aromatic carbocycles. The van der Waals surface area contributed by atoms with Gasteiger partial charge in [0.2, 0.25) is 5.88 Å². The van der Waals surface area contributed by atoms with E-state index in [1.807, 2.05) is 25.1 Å². The number of pyridine rings is 1. The maximum atomic E-state index is 5.62. The number of hydrogen-bond acceptors (Lipinski definition) is 4. The largest absolute Gasteiger partial charge is 0.478 e. The van der Waals surface area contributed by atoms with E-state index in [9.17, 15) is 0 Å². The fraction of sp³-hybridized carbons (Fsp3) is 0.615. The average molecular weight is 235 g/mol. The number of ether oxygens (including phenoxy) is 1. The van der Waals surface area contributed by atoms with Gasteiger partial charge in [-0.3, -0.25) is 0 Å². The summed E-state index contributed by atoms with van der Waals surface area (Å²) in [5.41, 5.74) is 6.05. The van der Waals surface area contributed by atoms with E-state index in [1.165, 1.54) is 12.8 Å². The number of aromatic nitrogens is 1. The predicted octanol–water partition coefficient (Wildman–Crippen LogP) is 2.02. The molecule has 4 nitrogen and oxygen atoms in total. The second kappa shape index (κ2) is 5.36. The summed E-state index contributed by atoms with van der Waals surface area (Å²) in [7, 11) is 0. The van der Waals surface area contributed by atoms with Gasteiger partial charge in [0.05, 0.1) is 6.61 Å². The number of nitrogens with one attached hydrogen (secondary N) is 1. The molecule has 1 heterocycles. The first-order valence-corrected chi connectivity index (χ1v) is 6.32. The summed E-state index contributed by atoms with van der Waals surface area (Å²) in [4.78, 5) is 4.39. The molecular weight excluding hydrogens is 214 g/mol. The first-order chi connectivity index (χ1) is 8.28. The Morgan fingerprint density at radius 2 is 2.29 bits per heavy atom. The molecule has 4 heteroatoms. The molecule has 2 rings (SSSR count). The number of rotatable bonds is 7. The highest BCUT2D eigenvalue weighted by atomic mass is 16.5. The number of hydrogen-bond donors (Lipinski definition) is 2. The highest BCUT2D eigenvalue weighted by molar-refractivity contribution is 5.37. The van der Waals surface area contributed by atoms with Crippen LogP contribution in [-0.2, 0) is 0 Å². The van der Waals surface area contributed by atoms with E-state index in [2.05, 4.69) is 10.3 Å². The van der Waals surface area contributed by atoms with Crippen molar-refractivity contribution in [3.8, 4) is 5.88 Å². The summed E-state index contributed by atoms with van der Waals surface area (Å²) in [6.07, 6.45) is 3.66. The molecule has 1 fully saturated rings. The molecule has 0 spiro atoms. The van der Waals surface area contributed by atoms with Crippen molar-refractivity contribution in [1.82, 2.24) is 4.98 Å². The van der Waals surface area contributed by atoms with Crippen molar-refractivity contribution < 1.29 is 4.74 Å². The summed E-state index contributed by atoms with van der Waals surface area (Å²) < 4.78 is 5.37. The standard InChI is InChI=1S/C13H21N3O/c1-2-17-12-5-3-4-11(16-12)15-10-13(6-7-13)8-9-14/h3-5H,2,6-10,14H2,1H3,(H,15,16). The Labute approximate surface area is 103 Å². The smallest absolute Gasteiger partial charge is 0.215 e. The normalized spacial score (nSPS) is 16.6. The van der Waals surface area contributed by atoms with Gasteiger partial charge in [-0.15, -0.1) is 0 Å². The Balaban J connectivity index is 1.88. The summed E-state index contributed by atoms with van der Waals surface area (Å²) in [5.74, 6) is 1.57. The van der Waals surface area contributed by atoms with Crippen molar-refractivity contribution in [2.75, 3.05) is 25.0 Å². The molecule has 0 bridgehead atoms. The quantitative estimate of drug-likeness (QED) is 0.759. The van der Waals surface area contributed by atoms with Gasteiger partial charge in [-0.2, -0.15) is 4.98 Å². The van der Waals surface area contributed by atoms with Crippen LogP contribution >= 0.6 is 0 Å². The van der Waals surface area contributed by atoms with Crippen LogP contribution < -0.4 is 15.8 Å². The zero-order chi connectivity index (χ0) is 12.1. The van der Waals surface area contributed by atoms with Crippen LogP contribution in [0.2, 0.25) is 0 Å². The van der Waals surface area contributed by atoms with Crippen molar-refractivity contribution in [3.05, 3.63) is 18.2 Å². The second-order valence-corrected chi connectivity index (χ2v) is 4.69. The molecule has 0 aliphatic heterocycles. The SMILES string of the molecule is CCOc1cccc(NCC2(CCN)CC2)n1. The Hall–Kier alpha value is -1.29. The van der Waals surface area contributed by atoms with E-state index in [1.54, 1.807) is 0 Å².